The molecule has 1 heterocycles. The molecule has 0 bridgehead atoms. The molecule has 0 saturated carbocycles. The number of aryl methyl sites for hydroxylation is 1. The molecule has 1 aromatic carbocycles. The number of benzene rings is 1. The Morgan fingerprint density at radius 1 is 1.65 bits per heavy atom. The van der Waals surface area contributed by atoms with Gasteiger partial charge in [0.05, 0.1) is 6.21 Å². The summed E-state index contributed by atoms with van der Waals surface area (Å²) in [4.78, 5) is 11.0. The van der Waals surface area contributed by atoms with Crippen LogP contribution in [-0.2, 0) is 17.8 Å². The molecule has 3 N–H and O–H groups in total. The Hall–Kier alpha value is -1.84. The van der Waals surface area contributed by atoms with Gasteiger partial charge in [-0.15, -0.1) is 0 Å². The van der Waals surface area contributed by atoms with Gasteiger partial charge in [-0.3, -0.25) is 4.79 Å². The van der Waals surface area contributed by atoms with Crippen LogP contribution in [0.1, 0.15) is 24.5 Å². The van der Waals surface area contributed by atoms with Crippen molar-refractivity contribution in [2.75, 3.05) is 5.32 Å². The monoisotopic (exact) mass is 231 g/mol. The number of hydrogen-bond acceptors (Lipinski definition) is 3. The predicted octanol–water partition coefficient (Wildman–Crippen LogP) is 1.70. The number of anilines is 1. The lowest BCUT2D eigenvalue weighted by Gasteiger charge is -2.24. The summed E-state index contributed by atoms with van der Waals surface area (Å²) in [7, 11) is 0. The molecule has 0 fully saturated rings. The summed E-state index contributed by atoms with van der Waals surface area (Å²) in [5, 5.41) is 12.9. The molecular formula is C13H17N3O. The lowest BCUT2D eigenvalue weighted by atomic mass is 9.97. The molecular weight excluding hydrogens is 214 g/mol. The minimum absolute atomic E-state index is 0.357. The zero-order valence-corrected chi connectivity index (χ0v) is 9.92. The van der Waals surface area contributed by atoms with Crippen LogP contribution in [-0.4, -0.2) is 18.2 Å². The SMILES string of the molecule is CC1CCc2ccc(CNC(=O)C=N)cc2N1. The Balaban J connectivity index is 2.07. The number of carbonyl (C=O) groups excluding carboxylic acids is 1. The first-order chi connectivity index (χ1) is 8.19. The molecule has 0 aromatic heterocycles. The van der Waals surface area contributed by atoms with Crippen molar-refractivity contribution >= 4 is 17.8 Å². The van der Waals surface area contributed by atoms with Gasteiger partial charge in [-0.2, -0.15) is 0 Å². The van der Waals surface area contributed by atoms with E-state index in [-0.39, 0.29) is 5.91 Å². The van der Waals surface area contributed by atoms with Crippen LogP contribution in [0.2, 0.25) is 0 Å². The van der Waals surface area contributed by atoms with Gasteiger partial charge >= 0.3 is 0 Å². The average molecular weight is 231 g/mol. The Bertz CT molecular complexity index is 442. The van der Waals surface area contributed by atoms with Crippen LogP contribution in [0, 0.1) is 5.41 Å². The molecule has 0 spiro atoms. The number of nitrogens with one attached hydrogen (secondary N) is 3. The average Bonchev–Trinajstić information content (AvgIpc) is 2.35. The third kappa shape index (κ3) is 2.84. The van der Waals surface area contributed by atoms with Crippen molar-refractivity contribution in [3.63, 3.8) is 0 Å². The van der Waals surface area contributed by atoms with Gasteiger partial charge in [-0.1, -0.05) is 12.1 Å². The van der Waals surface area contributed by atoms with Crippen LogP contribution in [0.3, 0.4) is 0 Å². The summed E-state index contributed by atoms with van der Waals surface area (Å²) >= 11 is 0. The Kier molecular flexibility index (Phi) is 3.42. The summed E-state index contributed by atoms with van der Waals surface area (Å²) < 4.78 is 0. The first kappa shape index (κ1) is 11.6. The smallest absolute Gasteiger partial charge is 0.261 e. The molecule has 1 aliphatic rings. The van der Waals surface area contributed by atoms with Gasteiger partial charge in [-0.05, 0) is 37.0 Å². The molecule has 1 atom stereocenters. The van der Waals surface area contributed by atoms with Crippen LogP contribution in [0.15, 0.2) is 18.2 Å². The Morgan fingerprint density at radius 2 is 2.47 bits per heavy atom. The van der Waals surface area contributed by atoms with Gasteiger partial charge in [0.25, 0.3) is 5.91 Å². The second-order valence-electron chi connectivity index (χ2n) is 4.44. The van der Waals surface area contributed by atoms with Crippen molar-refractivity contribution in [3.05, 3.63) is 29.3 Å². The predicted molar refractivity (Wildman–Crippen MR) is 68.5 cm³/mol. The lowest BCUT2D eigenvalue weighted by Crippen LogP contribution is -2.24. The van der Waals surface area contributed by atoms with Crippen LogP contribution in [0.5, 0.6) is 0 Å². The van der Waals surface area contributed by atoms with E-state index in [1.807, 2.05) is 6.07 Å². The molecule has 0 saturated heterocycles. The van der Waals surface area contributed by atoms with E-state index in [0.717, 1.165) is 24.6 Å². The van der Waals surface area contributed by atoms with Crippen molar-refractivity contribution < 1.29 is 4.79 Å². The number of fused-ring (bicyclic) bond motifs is 1. The quantitative estimate of drug-likeness (QED) is 0.693. The fraction of sp³-hybridized carbons (Fsp3) is 0.385. The summed E-state index contributed by atoms with van der Waals surface area (Å²) in [6, 6.07) is 6.73. The molecule has 1 unspecified atom stereocenters. The molecule has 4 nitrogen and oxygen atoms in total. The van der Waals surface area contributed by atoms with Gasteiger partial charge in [0.15, 0.2) is 0 Å². The number of hydrogen-bond donors (Lipinski definition) is 3. The van der Waals surface area contributed by atoms with Crippen molar-refractivity contribution in [1.82, 2.24) is 5.32 Å². The standard InChI is InChI=1S/C13H17N3O/c1-9-2-4-11-5-3-10(6-12(11)16-9)8-15-13(17)7-14/h3,5-7,9,14,16H,2,4,8H2,1H3,(H,15,17). The zero-order chi connectivity index (χ0) is 12.3. The van der Waals surface area contributed by atoms with E-state index in [4.69, 9.17) is 5.41 Å². The van der Waals surface area contributed by atoms with E-state index in [1.54, 1.807) is 0 Å². The minimum atomic E-state index is -0.357. The van der Waals surface area contributed by atoms with Crippen molar-refractivity contribution in [2.24, 2.45) is 0 Å². The van der Waals surface area contributed by atoms with Gasteiger partial charge in [0.2, 0.25) is 0 Å². The van der Waals surface area contributed by atoms with Crippen LogP contribution in [0.25, 0.3) is 0 Å². The van der Waals surface area contributed by atoms with Crippen LogP contribution < -0.4 is 10.6 Å². The van der Waals surface area contributed by atoms with E-state index in [0.29, 0.717) is 12.6 Å². The van der Waals surface area contributed by atoms with E-state index in [9.17, 15) is 4.79 Å². The topological polar surface area (TPSA) is 65.0 Å². The Labute approximate surface area is 101 Å². The molecule has 90 valence electrons. The van der Waals surface area contributed by atoms with Crippen molar-refractivity contribution in [2.45, 2.75) is 32.4 Å². The molecule has 2 rings (SSSR count). The van der Waals surface area contributed by atoms with Gasteiger partial charge in [0.1, 0.15) is 0 Å². The third-order valence-electron chi connectivity index (χ3n) is 3.02. The number of carbonyl (C=O) groups is 1. The summed E-state index contributed by atoms with van der Waals surface area (Å²) in [6.07, 6.45) is 3.06. The molecule has 0 aliphatic carbocycles. The van der Waals surface area contributed by atoms with E-state index in [1.165, 1.54) is 11.3 Å². The number of rotatable bonds is 3. The highest BCUT2D eigenvalue weighted by molar-refractivity contribution is 6.24. The van der Waals surface area contributed by atoms with E-state index < -0.39 is 0 Å². The van der Waals surface area contributed by atoms with Gasteiger partial charge in [0, 0.05) is 18.3 Å². The minimum Gasteiger partial charge on any atom is -0.382 e. The highest BCUT2D eigenvalue weighted by Crippen LogP contribution is 2.25. The highest BCUT2D eigenvalue weighted by atomic mass is 16.1. The first-order valence-corrected chi connectivity index (χ1v) is 5.85. The molecule has 17 heavy (non-hydrogen) atoms. The Morgan fingerprint density at radius 3 is 3.24 bits per heavy atom. The molecule has 1 aromatic rings. The molecule has 1 aliphatic heterocycles. The first-order valence-electron chi connectivity index (χ1n) is 5.85. The summed E-state index contributed by atoms with van der Waals surface area (Å²) in [6.45, 7) is 2.64. The van der Waals surface area contributed by atoms with E-state index >= 15 is 0 Å². The fourth-order valence-corrected chi connectivity index (χ4v) is 2.04. The molecule has 4 heteroatoms. The van der Waals surface area contributed by atoms with Gasteiger partial charge in [-0.25, -0.2) is 0 Å². The fourth-order valence-electron chi connectivity index (χ4n) is 2.04. The maximum atomic E-state index is 11.0. The maximum Gasteiger partial charge on any atom is 0.261 e. The highest BCUT2D eigenvalue weighted by Gasteiger charge is 2.13. The molecule has 0 radical (unpaired) electrons. The maximum absolute atomic E-state index is 11.0. The number of amides is 1. The van der Waals surface area contributed by atoms with Crippen LogP contribution in [0.4, 0.5) is 5.69 Å². The van der Waals surface area contributed by atoms with E-state index in [2.05, 4.69) is 29.7 Å². The van der Waals surface area contributed by atoms with Crippen LogP contribution >= 0.6 is 0 Å². The zero-order valence-electron chi connectivity index (χ0n) is 9.92. The normalized spacial score (nSPS) is 17.8. The second-order valence-corrected chi connectivity index (χ2v) is 4.44. The largest absolute Gasteiger partial charge is 0.382 e. The second kappa shape index (κ2) is 4.99. The van der Waals surface area contributed by atoms with Gasteiger partial charge < -0.3 is 16.0 Å². The molecule has 1 amide bonds. The summed E-state index contributed by atoms with van der Waals surface area (Å²) in [5.74, 6) is -0.357. The van der Waals surface area contributed by atoms with Crippen molar-refractivity contribution in [1.29, 1.82) is 5.41 Å². The van der Waals surface area contributed by atoms with Crippen molar-refractivity contribution in [3.8, 4) is 0 Å². The third-order valence-corrected chi connectivity index (χ3v) is 3.02. The lowest BCUT2D eigenvalue weighted by molar-refractivity contribution is -0.114. The summed E-state index contributed by atoms with van der Waals surface area (Å²) in [5.41, 5.74) is 3.57.